The summed E-state index contributed by atoms with van der Waals surface area (Å²) in [5.74, 6) is -2.00. The summed E-state index contributed by atoms with van der Waals surface area (Å²) in [5, 5.41) is 23.1. The first kappa shape index (κ1) is 24.8. The molecule has 184 valence electrons. The van der Waals surface area contributed by atoms with E-state index >= 15 is 0 Å². The zero-order valence-corrected chi connectivity index (χ0v) is 18.5. The molecule has 2 aromatic heterocycles. The molecule has 0 fully saturated rings. The summed E-state index contributed by atoms with van der Waals surface area (Å²) in [5.41, 5.74) is 0.138. The predicted octanol–water partition coefficient (Wildman–Crippen LogP) is 3.47. The topological polar surface area (TPSA) is 125 Å². The summed E-state index contributed by atoms with van der Waals surface area (Å²) >= 11 is 5.88. The van der Waals surface area contributed by atoms with Crippen molar-refractivity contribution in [3.05, 3.63) is 87.1 Å². The summed E-state index contributed by atoms with van der Waals surface area (Å²) in [6, 6.07) is 7.74. The highest BCUT2D eigenvalue weighted by atomic mass is 35.5. The van der Waals surface area contributed by atoms with E-state index in [1.807, 2.05) is 0 Å². The molecule has 14 heteroatoms. The minimum Gasteiger partial charge on any atom is -0.449 e. The highest BCUT2D eigenvalue weighted by molar-refractivity contribution is 6.30. The molecule has 1 aliphatic heterocycles. The van der Waals surface area contributed by atoms with E-state index in [1.54, 1.807) is 6.07 Å². The standard InChI is InChI=1S/C22H13ClF4N6O3/c23-12-3-11(7-28)4-15(5-12)36-18-19(22(25,26)27)30-10-33(21(18)35)9-14-6-16(20(34)32-31-14)17-2-1-13(24)8-29-17/h1-6,8,10,20,32,34H,9H2. The van der Waals surface area contributed by atoms with Crippen molar-refractivity contribution in [3.8, 4) is 17.6 Å². The lowest BCUT2D eigenvalue weighted by molar-refractivity contribution is -0.142. The second kappa shape index (κ2) is 9.76. The smallest absolute Gasteiger partial charge is 0.437 e. The van der Waals surface area contributed by atoms with Crippen LogP contribution in [0.5, 0.6) is 11.5 Å². The Hall–Kier alpha value is -4.28. The Balaban J connectivity index is 1.72. The van der Waals surface area contributed by atoms with Gasteiger partial charge in [-0.05, 0) is 36.4 Å². The van der Waals surface area contributed by atoms with E-state index in [2.05, 4.69) is 20.5 Å². The molecule has 1 unspecified atom stereocenters. The van der Waals surface area contributed by atoms with Gasteiger partial charge in [-0.2, -0.15) is 23.5 Å². The first-order chi connectivity index (χ1) is 17.0. The van der Waals surface area contributed by atoms with E-state index in [-0.39, 0.29) is 39.9 Å². The maximum atomic E-state index is 13.6. The van der Waals surface area contributed by atoms with Gasteiger partial charge in [0.05, 0.1) is 42.1 Å². The van der Waals surface area contributed by atoms with Gasteiger partial charge in [0.2, 0.25) is 5.75 Å². The molecule has 4 rings (SSSR count). The molecule has 0 saturated carbocycles. The lowest BCUT2D eigenvalue weighted by Crippen LogP contribution is -2.34. The van der Waals surface area contributed by atoms with Crippen LogP contribution in [-0.4, -0.2) is 31.6 Å². The SMILES string of the molecule is N#Cc1cc(Cl)cc(Oc2c(C(F)(F)F)ncn(CC3=NNC(O)C(c4ccc(F)cn4)=C3)c2=O)c1. The van der Waals surface area contributed by atoms with Crippen LogP contribution in [0.3, 0.4) is 0 Å². The summed E-state index contributed by atoms with van der Waals surface area (Å²) in [6.45, 7) is -0.371. The Morgan fingerprint density at radius 3 is 2.69 bits per heavy atom. The fraction of sp³-hybridized carbons (Fsp3) is 0.136. The summed E-state index contributed by atoms with van der Waals surface area (Å²) in [6.07, 6.45) is -3.36. The van der Waals surface area contributed by atoms with Crippen LogP contribution in [0.25, 0.3) is 5.57 Å². The van der Waals surface area contributed by atoms with Crippen molar-refractivity contribution in [2.24, 2.45) is 5.10 Å². The van der Waals surface area contributed by atoms with Gasteiger partial charge in [0.1, 0.15) is 11.6 Å². The number of pyridine rings is 1. The Kier molecular flexibility index (Phi) is 6.73. The van der Waals surface area contributed by atoms with Crippen molar-refractivity contribution in [1.29, 1.82) is 5.26 Å². The number of aliphatic hydroxyl groups excluding tert-OH is 1. The van der Waals surface area contributed by atoms with Gasteiger partial charge in [-0.25, -0.2) is 9.37 Å². The van der Waals surface area contributed by atoms with Crippen LogP contribution in [0.2, 0.25) is 5.02 Å². The number of nitrogens with zero attached hydrogens (tertiary/aromatic N) is 5. The van der Waals surface area contributed by atoms with Crippen LogP contribution in [0.1, 0.15) is 17.0 Å². The number of benzene rings is 1. The zero-order valence-electron chi connectivity index (χ0n) is 17.8. The fourth-order valence-electron chi connectivity index (χ4n) is 3.20. The van der Waals surface area contributed by atoms with Gasteiger partial charge < -0.3 is 9.84 Å². The van der Waals surface area contributed by atoms with Gasteiger partial charge in [0.15, 0.2) is 11.9 Å². The molecular weight excluding hydrogens is 508 g/mol. The van der Waals surface area contributed by atoms with E-state index in [0.717, 1.165) is 29.0 Å². The Morgan fingerprint density at radius 1 is 1.25 bits per heavy atom. The minimum absolute atomic E-state index is 0.00328. The van der Waals surface area contributed by atoms with Gasteiger partial charge in [0.25, 0.3) is 5.56 Å². The van der Waals surface area contributed by atoms with Crippen molar-refractivity contribution in [3.63, 3.8) is 0 Å². The van der Waals surface area contributed by atoms with Crippen LogP contribution in [-0.2, 0) is 12.7 Å². The molecule has 0 bridgehead atoms. The molecule has 3 heterocycles. The molecule has 0 aliphatic carbocycles. The summed E-state index contributed by atoms with van der Waals surface area (Å²) in [4.78, 5) is 20.2. The number of allylic oxidation sites excluding steroid dienone is 1. The Bertz CT molecular complexity index is 1480. The minimum atomic E-state index is -5.03. The van der Waals surface area contributed by atoms with Crippen molar-refractivity contribution in [2.75, 3.05) is 0 Å². The second-order valence-electron chi connectivity index (χ2n) is 7.34. The summed E-state index contributed by atoms with van der Waals surface area (Å²) < 4.78 is 60.0. The number of hydrogen-bond acceptors (Lipinski definition) is 8. The lowest BCUT2D eigenvalue weighted by atomic mass is 10.1. The Morgan fingerprint density at radius 2 is 2.03 bits per heavy atom. The number of ether oxygens (including phenoxy) is 1. The quantitative estimate of drug-likeness (QED) is 0.493. The van der Waals surface area contributed by atoms with Gasteiger partial charge in [0, 0.05) is 10.6 Å². The zero-order chi connectivity index (χ0) is 26.0. The molecule has 1 aliphatic rings. The molecule has 36 heavy (non-hydrogen) atoms. The number of hydrogen-bond donors (Lipinski definition) is 2. The van der Waals surface area contributed by atoms with Gasteiger partial charge >= 0.3 is 6.18 Å². The highest BCUT2D eigenvalue weighted by Crippen LogP contribution is 2.35. The number of nitriles is 1. The largest absolute Gasteiger partial charge is 0.449 e. The van der Waals surface area contributed by atoms with Gasteiger partial charge in [-0.3, -0.25) is 19.8 Å². The third-order valence-corrected chi connectivity index (χ3v) is 5.01. The van der Waals surface area contributed by atoms with E-state index < -0.39 is 35.2 Å². The first-order valence-corrected chi connectivity index (χ1v) is 10.3. The van der Waals surface area contributed by atoms with E-state index in [4.69, 9.17) is 21.6 Å². The predicted molar refractivity (Wildman–Crippen MR) is 118 cm³/mol. The Labute approximate surface area is 204 Å². The number of aliphatic hydroxyl groups is 1. The third kappa shape index (κ3) is 5.35. The molecule has 0 saturated heterocycles. The number of rotatable bonds is 5. The van der Waals surface area contributed by atoms with Crippen LogP contribution in [0, 0.1) is 17.1 Å². The molecule has 0 spiro atoms. The van der Waals surface area contributed by atoms with Crippen LogP contribution >= 0.6 is 11.6 Å². The van der Waals surface area contributed by atoms with Crippen LogP contribution in [0.4, 0.5) is 17.6 Å². The molecule has 2 N–H and O–H groups in total. The summed E-state index contributed by atoms with van der Waals surface area (Å²) in [7, 11) is 0. The number of nitrogens with one attached hydrogen (secondary N) is 1. The van der Waals surface area contributed by atoms with Crippen LogP contribution < -0.4 is 15.7 Å². The monoisotopic (exact) mass is 520 g/mol. The molecule has 1 aromatic carbocycles. The molecule has 0 radical (unpaired) electrons. The van der Waals surface area contributed by atoms with E-state index in [1.165, 1.54) is 18.2 Å². The second-order valence-corrected chi connectivity index (χ2v) is 7.78. The van der Waals surface area contributed by atoms with Crippen LogP contribution in [0.15, 0.2) is 58.8 Å². The normalized spacial score (nSPS) is 15.4. The molecule has 1 atom stereocenters. The number of halogens is 5. The number of aromatic nitrogens is 3. The molecule has 9 nitrogen and oxygen atoms in total. The fourth-order valence-corrected chi connectivity index (χ4v) is 3.43. The number of alkyl halides is 3. The van der Waals surface area contributed by atoms with Gasteiger partial charge in [-0.1, -0.05) is 11.6 Å². The molecule has 0 amide bonds. The molecule has 3 aromatic rings. The molecular formula is C22H13ClF4N6O3. The van der Waals surface area contributed by atoms with E-state index in [9.17, 15) is 27.5 Å². The highest BCUT2D eigenvalue weighted by Gasteiger charge is 2.39. The van der Waals surface area contributed by atoms with Crippen molar-refractivity contribution in [2.45, 2.75) is 18.9 Å². The maximum absolute atomic E-state index is 13.6. The van der Waals surface area contributed by atoms with Crippen molar-refractivity contribution < 1.29 is 27.4 Å². The third-order valence-electron chi connectivity index (χ3n) is 4.79. The van der Waals surface area contributed by atoms with E-state index in [0.29, 0.717) is 6.33 Å². The average molecular weight is 521 g/mol. The van der Waals surface area contributed by atoms with Crippen molar-refractivity contribution in [1.82, 2.24) is 20.0 Å². The van der Waals surface area contributed by atoms with Crippen molar-refractivity contribution >= 4 is 22.9 Å². The average Bonchev–Trinajstić information content (AvgIpc) is 2.82. The van der Waals surface area contributed by atoms with Gasteiger partial charge in [-0.15, -0.1) is 0 Å². The lowest BCUT2D eigenvalue weighted by Gasteiger charge is -2.20. The number of hydrazone groups is 1. The maximum Gasteiger partial charge on any atom is 0.437 e. The first-order valence-electron chi connectivity index (χ1n) is 9.94.